The second-order valence-corrected chi connectivity index (χ2v) is 18.9. The van der Waals surface area contributed by atoms with Crippen LogP contribution in [0.2, 0.25) is 0 Å². The molecule has 202 valence electrons. The molecule has 0 N–H and O–H groups in total. The van der Waals surface area contributed by atoms with Crippen molar-refractivity contribution in [3.8, 4) is 5.75 Å². The average molecular weight is 551 g/mol. The molecule has 0 atom stereocenters. The van der Waals surface area contributed by atoms with Crippen LogP contribution in [0.4, 0.5) is 0 Å². The lowest BCUT2D eigenvalue weighted by atomic mass is 10.2. The topological polar surface area (TPSA) is 90.9 Å². The number of methoxy groups -OCH3 is 1. The van der Waals surface area contributed by atoms with Crippen molar-refractivity contribution in [2.24, 2.45) is 0 Å². The zero-order valence-corrected chi connectivity index (χ0v) is 26.3. The molecule has 35 heavy (non-hydrogen) atoms. The summed E-state index contributed by atoms with van der Waals surface area (Å²) in [7, 11) is -11.1. The highest BCUT2D eigenvalue weighted by atomic mass is 31.2. The highest BCUT2D eigenvalue weighted by Crippen LogP contribution is 2.58. The van der Waals surface area contributed by atoms with Gasteiger partial charge in [0.2, 0.25) is 0 Å². The van der Waals surface area contributed by atoms with Gasteiger partial charge in [-0.05, 0) is 107 Å². The fourth-order valence-electron chi connectivity index (χ4n) is 3.07. The zero-order valence-electron chi connectivity index (χ0n) is 23.4. The molecule has 0 spiro atoms. The molecule has 0 aromatic heterocycles. The maximum atomic E-state index is 14.6. The van der Waals surface area contributed by atoms with Crippen LogP contribution in [-0.2, 0) is 34.8 Å². The highest BCUT2D eigenvalue weighted by molar-refractivity contribution is 7.65. The normalized spacial score (nSPS) is 20.5. The smallest absolute Gasteiger partial charge is 0.497 e. The molecule has 0 amide bonds. The summed E-state index contributed by atoms with van der Waals surface area (Å²) >= 11 is 0. The molecule has 1 aliphatic heterocycles. The van der Waals surface area contributed by atoms with Gasteiger partial charge in [-0.25, -0.2) is 0 Å². The van der Waals surface area contributed by atoms with Crippen molar-refractivity contribution in [1.29, 1.82) is 0 Å². The van der Waals surface area contributed by atoms with Crippen LogP contribution in [0.25, 0.3) is 0 Å². The first-order valence-electron chi connectivity index (χ1n) is 11.7. The highest BCUT2D eigenvalue weighted by Gasteiger charge is 2.73. The van der Waals surface area contributed by atoms with Gasteiger partial charge in [0.05, 0.1) is 34.8 Å². The van der Waals surface area contributed by atoms with Gasteiger partial charge in [0.15, 0.2) is 0 Å². The SMILES string of the molecule is COc1ccc(P2(=O)O[Si](OC(C)(C)C)(OC(C)(C)C)O[Si](OC(C)(C)C)(OC(C)(C)C)O2)cc1. The fourth-order valence-corrected chi connectivity index (χ4v) is 13.8. The second-order valence-electron chi connectivity index (χ2n) is 12.3. The Morgan fingerprint density at radius 1 is 0.629 bits per heavy atom. The Morgan fingerprint density at radius 3 is 1.20 bits per heavy atom. The molecular formula is C23H43O9PSi2. The molecule has 0 radical (unpaired) electrons. The molecular weight excluding hydrogens is 507 g/mol. The van der Waals surface area contributed by atoms with Gasteiger partial charge >= 0.3 is 25.7 Å². The molecule has 2 rings (SSSR count). The van der Waals surface area contributed by atoms with E-state index in [1.54, 1.807) is 31.4 Å². The Labute approximate surface area is 213 Å². The first kappa shape index (κ1) is 30.6. The van der Waals surface area contributed by atoms with Gasteiger partial charge in [-0.15, -0.1) is 0 Å². The van der Waals surface area contributed by atoms with Crippen molar-refractivity contribution in [3.05, 3.63) is 24.3 Å². The van der Waals surface area contributed by atoms with E-state index in [1.165, 1.54) is 0 Å². The predicted molar refractivity (Wildman–Crippen MR) is 138 cm³/mol. The lowest BCUT2D eigenvalue weighted by Crippen LogP contribution is -2.70. The van der Waals surface area contributed by atoms with Gasteiger partial charge in [0, 0.05) is 0 Å². The lowest BCUT2D eigenvalue weighted by molar-refractivity contribution is -0.129. The van der Waals surface area contributed by atoms with Gasteiger partial charge < -0.3 is 26.6 Å². The van der Waals surface area contributed by atoms with E-state index in [-0.39, 0.29) is 5.30 Å². The largest absolute Gasteiger partial charge is 0.682 e. The summed E-state index contributed by atoms with van der Waals surface area (Å²) in [5, 5.41) is 0.278. The molecule has 1 fully saturated rings. The maximum absolute atomic E-state index is 14.6. The molecule has 0 aliphatic carbocycles. The van der Waals surface area contributed by atoms with Crippen LogP contribution >= 0.6 is 7.60 Å². The monoisotopic (exact) mass is 550 g/mol. The minimum Gasteiger partial charge on any atom is -0.497 e. The summed E-state index contributed by atoms with van der Waals surface area (Å²) < 4.78 is 64.2. The number of rotatable bonds is 6. The quantitative estimate of drug-likeness (QED) is 0.326. The van der Waals surface area contributed by atoms with E-state index in [2.05, 4.69) is 0 Å². The summed E-state index contributed by atoms with van der Waals surface area (Å²) in [6, 6.07) is 6.58. The Morgan fingerprint density at radius 2 is 0.943 bits per heavy atom. The Hall–Kier alpha value is -0.596. The van der Waals surface area contributed by atoms with E-state index in [0.717, 1.165) is 0 Å². The van der Waals surface area contributed by atoms with Gasteiger partial charge in [-0.2, -0.15) is 0 Å². The van der Waals surface area contributed by atoms with Crippen molar-refractivity contribution in [1.82, 2.24) is 0 Å². The molecule has 1 aromatic rings. The van der Waals surface area contributed by atoms with E-state index in [0.29, 0.717) is 5.75 Å². The van der Waals surface area contributed by atoms with Gasteiger partial charge in [-0.1, -0.05) is 0 Å². The molecule has 0 unspecified atom stereocenters. The van der Waals surface area contributed by atoms with Gasteiger partial charge in [-0.3, -0.25) is 13.0 Å². The molecule has 9 nitrogen and oxygen atoms in total. The van der Waals surface area contributed by atoms with E-state index in [9.17, 15) is 4.57 Å². The maximum Gasteiger partial charge on any atom is 0.682 e. The molecule has 12 heteroatoms. The van der Waals surface area contributed by atoms with Crippen LogP contribution in [-0.4, -0.2) is 47.6 Å². The fraction of sp³-hybridized carbons (Fsp3) is 0.739. The molecule has 0 saturated carbocycles. The summed E-state index contributed by atoms with van der Waals surface area (Å²) in [4.78, 5) is 0. The minimum atomic E-state index is -4.24. The number of benzene rings is 1. The van der Waals surface area contributed by atoms with Crippen LogP contribution in [0, 0.1) is 0 Å². The van der Waals surface area contributed by atoms with E-state index < -0.39 is 48.1 Å². The summed E-state index contributed by atoms with van der Waals surface area (Å²) in [5.74, 6) is 0.592. The Kier molecular flexibility index (Phi) is 8.70. The minimum absolute atomic E-state index is 0.278. The van der Waals surface area contributed by atoms with Gasteiger partial charge in [0.25, 0.3) is 0 Å². The molecule has 1 heterocycles. The van der Waals surface area contributed by atoms with Crippen molar-refractivity contribution in [2.75, 3.05) is 7.11 Å². The summed E-state index contributed by atoms with van der Waals surface area (Å²) in [6.07, 6.45) is 0. The predicted octanol–water partition coefficient (Wildman–Crippen LogP) is 5.71. The Balaban J connectivity index is 2.80. The molecule has 1 aromatic carbocycles. The summed E-state index contributed by atoms with van der Waals surface area (Å²) in [5.41, 5.74) is -3.10. The van der Waals surface area contributed by atoms with Crippen molar-refractivity contribution >= 4 is 31.0 Å². The average Bonchev–Trinajstić information content (AvgIpc) is 2.53. The van der Waals surface area contributed by atoms with Crippen LogP contribution in [0.3, 0.4) is 0 Å². The van der Waals surface area contributed by atoms with E-state index in [1.807, 2.05) is 83.1 Å². The number of ether oxygens (including phenoxy) is 1. The molecule has 1 aliphatic rings. The molecule has 1 saturated heterocycles. The number of hydrogen-bond donors (Lipinski definition) is 0. The molecule has 0 bridgehead atoms. The van der Waals surface area contributed by atoms with E-state index >= 15 is 0 Å². The first-order chi connectivity index (χ1) is 15.5. The first-order valence-corrected chi connectivity index (χ1v) is 16.5. The standard InChI is InChI=1S/C23H43O9PSi2/c1-20(2,3)26-34(27-21(4,5)6)30-33(24,19-16-14-18(25-13)15-17-19)31-35(32-34,28-22(7,8)9)29-23(10,11)12/h14-17H,1-13H3. The van der Waals surface area contributed by atoms with E-state index in [4.69, 9.17) is 35.0 Å². The van der Waals surface area contributed by atoms with Crippen LogP contribution in [0.15, 0.2) is 24.3 Å². The van der Waals surface area contributed by atoms with Crippen molar-refractivity contribution in [2.45, 2.75) is 105 Å². The third kappa shape index (κ3) is 9.34. The van der Waals surface area contributed by atoms with Crippen LogP contribution < -0.4 is 10.0 Å². The zero-order chi connectivity index (χ0) is 27.1. The second kappa shape index (κ2) is 9.94. The van der Waals surface area contributed by atoms with Crippen LogP contribution in [0.1, 0.15) is 83.1 Å². The van der Waals surface area contributed by atoms with Gasteiger partial charge in [0.1, 0.15) is 5.75 Å². The Bertz CT molecular complexity index is 829. The summed E-state index contributed by atoms with van der Waals surface area (Å²) in [6.45, 7) is 22.1. The van der Waals surface area contributed by atoms with Crippen LogP contribution in [0.5, 0.6) is 5.75 Å². The van der Waals surface area contributed by atoms with Crippen molar-refractivity contribution in [3.63, 3.8) is 0 Å². The third-order valence-corrected chi connectivity index (χ3v) is 13.9. The van der Waals surface area contributed by atoms with Crippen molar-refractivity contribution < 1.29 is 39.5 Å². The third-order valence-electron chi connectivity index (χ3n) is 3.83. The number of hydrogen-bond acceptors (Lipinski definition) is 9. The lowest BCUT2D eigenvalue weighted by Gasteiger charge is -2.48.